The predicted molar refractivity (Wildman–Crippen MR) is 68.8 cm³/mol. The molecule has 1 aromatic carbocycles. The SMILES string of the molecule is C[n+]1c[nH]c([N+](=O)[O-])c1Sc1nc2ccccc2[nH]1. The molecule has 3 rings (SSSR count). The van der Waals surface area contributed by atoms with E-state index in [4.69, 9.17) is 0 Å². The van der Waals surface area contributed by atoms with Gasteiger partial charge in [-0.15, -0.1) is 0 Å². The van der Waals surface area contributed by atoms with Crippen LogP contribution >= 0.6 is 11.8 Å². The molecule has 19 heavy (non-hydrogen) atoms. The summed E-state index contributed by atoms with van der Waals surface area (Å²) in [6.45, 7) is 0. The van der Waals surface area contributed by atoms with E-state index in [1.165, 1.54) is 11.8 Å². The fraction of sp³-hybridized carbons (Fsp3) is 0.0909. The van der Waals surface area contributed by atoms with Gasteiger partial charge >= 0.3 is 5.82 Å². The molecule has 96 valence electrons. The lowest BCUT2D eigenvalue weighted by Crippen LogP contribution is -2.27. The van der Waals surface area contributed by atoms with E-state index in [9.17, 15) is 10.1 Å². The van der Waals surface area contributed by atoms with Crippen LogP contribution in [0.2, 0.25) is 0 Å². The Hall–Kier alpha value is -2.35. The molecule has 0 spiro atoms. The Morgan fingerprint density at radius 1 is 1.42 bits per heavy atom. The van der Waals surface area contributed by atoms with Crippen molar-refractivity contribution in [2.24, 2.45) is 7.05 Å². The first-order valence-electron chi connectivity index (χ1n) is 5.49. The lowest BCUT2D eigenvalue weighted by molar-refractivity contribution is -0.708. The molecule has 0 atom stereocenters. The number of hydrogen-bond acceptors (Lipinski definition) is 4. The zero-order valence-corrected chi connectivity index (χ0v) is 10.8. The van der Waals surface area contributed by atoms with Crippen LogP contribution in [0.15, 0.2) is 40.8 Å². The third-order valence-electron chi connectivity index (χ3n) is 2.66. The Morgan fingerprint density at radius 2 is 2.21 bits per heavy atom. The fourth-order valence-electron chi connectivity index (χ4n) is 1.77. The first-order valence-corrected chi connectivity index (χ1v) is 6.31. The minimum atomic E-state index is -0.439. The Labute approximate surface area is 111 Å². The van der Waals surface area contributed by atoms with Crippen LogP contribution in [0.25, 0.3) is 11.0 Å². The van der Waals surface area contributed by atoms with Gasteiger partial charge in [0.25, 0.3) is 5.03 Å². The number of benzene rings is 1. The minimum absolute atomic E-state index is 0.0343. The molecule has 8 heteroatoms. The Kier molecular flexibility index (Phi) is 2.71. The van der Waals surface area contributed by atoms with Gasteiger partial charge < -0.3 is 15.1 Å². The van der Waals surface area contributed by atoms with Crippen molar-refractivity contribution in [3.8, 4) is 0 Å². The van der Waals surface area contributed by atoms with E-state index in [1.807, 2.05) is 24.3 Å². The maximum atomic E-state index is 10.9. The average molecular weight is 276 g/mol. The summed E-state index contributed by atoms with van der Waals surface area (Å²) < 4.78 is 1.66. The summed E-state index contributed by atoms with van der Waals surface area (Å²) in [6.07, 6.45) is 1.54. The molecule has 0 unspecified atom stereocenters. The Balaban J connectivity index is 2.01. The third-order valence-corrected chi connectivity index (χ3v) is 3.72. The van der Waals surface area contributed by atoms with E-state index in [0.717, 1.165) is 11.0 Å². The number of nitro groups is 1. The van der Waals surface area contributed by atoms with Gasteiger partial charge in [-0.3, -0.25) is 0 Å². The first kappa shape index (κ1) is 11.7. The van der Waals surface area contributed by atoms with Crippen molar-refractivity contribution in [3.05, 3.63) is 40.7 Å². The van der Waals surface area contributed by atoms with Crippen LogP contribution in [0, 0.1) is 10.1 Å². The number of aromatic amines is 2. The van der Waals surface area contributed by atoms with Crippen molar-refractivity contribution in [3.63, 3.8) is 0 Å². The number of nitrogens with one attached hydrogen (secondary N) is 2. The lowest BCUT2D eigenvalue weighted by Gasteiger charge is -1.95. The zero-order chi connectivity index (χ0) is 13.4. The normalized spacial score (nSPS) is 11.0. The van der Waals surface area contributed by atoms with Gasteiger partial charge in [0.2, 0.25) is 6.33 Å². The van der Waals surface area contributed by atoms with Gasteiger partial charge in [-0.05, 0) is 17.1 Å². The standard InChI is InChI=1S/C11H9N5O2S/c1-15-6-12-9(16(17)18)10(15)19-11-13-7-4-2-3-5-8(7)14-11/h2-6H,1H3,(H,13,14)/p+1. The van der Waals surface area contributed by atoms with Crippen molar-refractivity contribution >= 4 is 28.6 Å². The second-order valence-corrected chi connectivity index (χ2v) is 4.93. The van der Waals surface area contributed by atoms with Gasteiger partial charge in [-0.25, -0.2) is 14.5 Å². The highest BCUT2D eigenvalue weighted by Crippen LogP contribution is 2.29. The van der Waals surface area contributed by atoms with Gasteiger partial charge in [0, 0.05) is 11.8 Å². The molecule has 0 aliphatic rings. The first-order chi connectivity index (χ1) is 9.15. The summed E-state index contributed by atoms with van der Waals surface area (Å²) in [5, 5.41) is 12.0. The van der Waals surface area contributed by atoms with E-state index >= 15 is 0 Å². The maximum Gasteiger partial charge on any atom is 0.378 e. The molecule has 2 heterocycles. The number of rotatable bonds is 3. The molecule has 7 nitrogen and oxygen atoms in total. The molecular formula is C11H10N5O2S+. The molecule has 0 saturated heterocycles. The van der Waals surface area contributed by atoms with Gasteiger partial charge in [-0.2, -0.15) is 0 Å². The van der Waals surface area contributed by atoms with E-state index in [0.29, 0.717) is 10.2 Å². The van der Waals surface area contributed by atoms with E-state index in [1.54, 1.807) is 17.9 Å². The summed E-state index contributed by atoms with van der Waals surface area (Å²) in [6, 6.07) is 7.61. The molecule has 0 amide bonds. The highest BCUT2D eigenvalue weighted by molar-refractivity contribution is 7.99. The predicted octanol–water partition coefficient (Wildman–Crippen LogP) is 1.77. The summed E-state index contributed by atoms with van der Waals surface area (Å²) >= 11 is 1.22. The monoisotopic (exact) mass is 276 g/mol. The molecule has 3 aromatic rings. The summed E-state index contributed by atoms with van der Waals surface area (Å²) in [5.41, 5.74) is 1.75. The number of nitrogens with zero attached hydrogens (tertiary/aromatic N) is 3. The Bertz CT molecular complexity index is 730. The molecule has 0 fully saturated rings. The van der Waals surface area contributed by atoms with Crippen molar-refractivity contribution in [1.29, 1.82) is 0 Å². The van der Waals surface area contributed by atoms with Gasteiger partial charge in [0.1, 0.15) is 0 Å². The number of fused-ring (bicyclic) bond motifs is 1. The van der Waals surface area contributed by atoms with Crippen LogP contribution in [0.5, 0.6) is 0 Å². The van der Waals surface area contributed by atoms with E-state index < -0.39 is 4.92 Å². The molecule has 0 aliphatic carbocycles. The number of aromatic nitrogens is 4. The van der Waals surface area contributed by atoms with E-state index in [2.05, 4.69) is 15.0 Å². The van der Waals surface area contributed by atoms with Crippen molar-refractivity contribution < 1.29 is 9.49 Å². The number of hydrogen-bond donors (Lipinski definition) is 2. The summed E-state index contributed by atoms with van der Waals surface area (Å²) in [4.78, 5) is 20.6. The molecule has 0 radical (unpaired) electrons. The molecule has 2 N–H and O–H groups in total. The minimum Gasteiger partial charge on any atom is -0.358 e. The smallest absolute Gasteiger partial charge is 0.358 e. The second kappa shape index (κ2) is 4.39. The molecular weight excluding hydrogens is 266 g/mol. The van der Waals surface area contributed by atoms with Crippen LogP contribution in [0.1, 0.15) is 0 Å². The molecule has 0 bridgehead atoms. The van der Waals surface area contributed by atoms with Crippen molar-refractivity contribution in [1.82, 2.24) is 15.0 Å². The highest BCUT2D eigenvalue weighted by Gasteiger charge is 2.23. The van der Waals surface area contributed by atoms with Crippen LogP contribution in [0.3, 0.4) is 0 Å². The molecule has 0 saturated carbocycles. The number of para-hydroxylation sites is 2. The van der Waals surface area contributed by atoms with Gasteiger partial charge in [0.05, 0.1) is 18.1 Å². The van der Waals surface area contributed by atoms with Crippen molar-refractivity contribution in [2.45, 2.75) is 10.2 Å². The van der Waals surface area contributed by atoms with Crippen LogP contribution in [-0.2, 0) is 7.05 Å². The van der Waals surface area contributed by atoms with Crippen LogP contribution in [-0.4, -0.2) is 19.9 Å². The third kappa shape index (κ3) is 2.06. The average Bonchev–Trinajstić information content (AvgIpc) is 2.94. The summed E-state index contributed by atoms with van der Waals surface area (Å²) in [7, 11) is 1.74. The Morgan fingerprint density at radius 3 is 2.95 bits per heavy atom. The molecule has 2 aromatic heterocycles. The fourth-order valence-corrected chi connectivity index (χ4v) is 2.68. The van der Waals surface area contributed by atoms with Gasteiger partial charge in [0.15, 0.2) is 5.16 Å². The van der Waals surface area contributed by atoms with Crippen LogP contribution < -0.4 is 4.57 Å². The largest absolute Gasteiger partial charge is 0.378 e. The summed E-state index contributed by atoms with van der Waals surface area (Å²) in [5.74, 6) is -0.0343. The number of aryl methyl sites for hydroxylation is 1. The lowest BCUT2D eigenvalue weighted by atomic mass is 10.3. The number of imidazole rings is 2. The van der Waals surface area contributed by atoms with Crippen LogP contribution in [0.4, 0.5) is 5.82 Å². The van der Waals surface area contributed by atoms with Crippen molar-refractivity contribution in [2.75, 3.05) is 0 Å². The zero-order valence-electron chi connectivity index (χ0n) is 9.95. The maximum absolute atomic E-state index is 10.9. The quantitative estimate of drug-likeness (QED) is 0.433. The topological polar surface area (TPSA) is 91.5 Å². The highest BCUT2D eigenvalue weighted by atomic mass is 32.2. The second-order valence-electron chi connectivity index (χ2n) is 3.96. The number of H-pyrrole nitrogens is 2. The van der Waals surface area contributed by atoms with Gasteiger partial charge in [-0.1, -0.05) is 12.1 Å². The molecule has 0 aliphatic heterocycles. The van der Waals surface area contributed by atoms with E-state index in [-0.39, 0.29) is 5.82 Å².